The van der Waals surface area contributed by atoms with E-state index in [1.54, 1.807) is 6.07 Å². The van der Waals surface area contributed by atoms with E-state index >= 15 is 0 Å². The van der Waals surface area contributed by atoms with Gasteiger partial charge in [-0.25, -0.2) is 0 Å². The molecule has 2 aromatic carbocycles. The van der Waals surface area contributed by atoms with E-state index in [1.165, 1.54) is 11.3 Å². The first-order valence-corrected chi connectivity index (χ1v) is 8.33. The van der Waals surface area contributed by atoms with Crippen molar-refractivity contribution in [3.05, 3.63) is 59.4 Å². The lowest BCUT2D eigenvalue weighted by Gasteiger charge is -2.17. The topological polar surface area (TPSA) is 45.5 Å². The summed E-state index contributed by atoms with van der Waals surface area (Å²) >= 11 is 0. The molecule has 122 valence electrons. The van der Waals surface area contributed by atoms with E-state index in [1.807, 2.05) is 31.2 Å². The van der Waals surface area contributed by atoms with E-state index in [-0.39, 0.29) is 5.91 Å². The van der Waals surface area contributed by atoms with Crippen molar-refractivity contribution >= 4 is 28.3 Å². The first kappa shape index (κ1) is 14.8. The molecule has 1 N–H and O–H groups in total. The van der Waals surface area contributed by atoms with Gasteiger partial charge in [0.15, 0.2) is 5.76 Å². The Morgan fingerprint density at radius 1 is 1.21 bits per heavy atom. The van der Waals surface area contributed by atoms with Gasteiger partial charge >= 0.3 is 0 Å². The summed E-state index contributed by atoms with van der Waals surface area (Å²) in [7, 11) is 0. The number of likely N-dealkylation sites (N-methyl/N-ethyl adjacent to an activating group) is 1. The highest BCUT2D eigenvalue weighted by atomic mass is 16.3. The number of carbonyl (C=O) groups excluding carboxylic acids is 1. The van der Waals surface area contributed by atoms with Crippen molar-refractivity contribution in [2.24, 2.45) is 0 Å². The summed E-state index contributed by atoms with van der Waals surface area (Å²) < 4.78 is 5.67. The van der Waals surface area contributed by atoms with Crippen LogP contribution in [0.3, 0.4) is 0 Å². The molecule has 0 saturated heterocycles. The van der Waals surface area contributed by atoms with Crippen molar-refractivity contribution in [3.63, 3.8) is 0 Å². The highest BCUT2D eigenvalue weighted by Gasteiger charge is 2.19. The zero-order chi connectivity index (χ0) is 16.7. The van der Waals surface area contributed by atoms with Gasteiger partial charge in [-0.2, -0.15) is 0 Å². The minimum absolute atomic E-state index is 0.218. The van der Waals surface area contributed by atoms with E-state index in [2.05, 4.69) is 29.3 Å². The normalized spacial score (nSPS) is 13.3. The van der Waals surface area contributed by atoms with Crippen LogP contribution < -0.4 is 10.2 Å². The number of amides is 1. The zero-order valence-corrected chi connectivity index (χ0v) is 13.9. The Balaban J connectivity index is 1.59. The summed E-state index contributed by atoms with van der Waals surface area (Å²) in [5.41, 5.74) is 5.24. The highest BCUT2D eigenvalue weighted by Crippen LogP contribution is 2.31. The summed E-state index contributed by atoms with van der Waals surface area (Å²) in [6.45, 7) is 6.20. The van der Waals surface area contributed by atoms with Crippen molar-refractivity contribution in [1.29, 1.82) is 0 Å². The molecule has 24 heavy (non-hydrogen) atoms. The fourth-order valence-corrected chi connectivity index (χ4v) is 3.32. The van der Waals surface area contributed by atoms with Gasteiger partial charge in [-0.05, 0) is 56.2 Å². The fourth-order valence-electron chi connectivity index (χ4n) is 3.32. The molecule has 0 unspecified atom stereocenters. The molecule has 0 bridgehead atoms. The van der Waals surface area contributed by atoms with E-state index in [9.17, 15) is 4.79 Å². The SMILES string of the molecule is CCN1CCc2ccc(NC(=O)c3cc4cc(C)ccc4o3)cc21. The molecule has 0 radical (unpaired) electrons. The molecule has 1 amide bonds. The molecule has 1 aromatic heterocycles. The molecule has 2 heterocycles. The molecule has 0 atom stereocenters. The van der Waals surface area contributed by atoms with Gasteiger partial charge in [-0.3, -0.25) is 4.79 Å². The molecule has 1 aliphatic heterocycles. The van der Waals surface area contributed by atoms with Crippen LogP contribution in [0.25, 0.3) is 11.0 Å². The number of nitrogens with zero attached hydrogens (tertiary/aromatic N) is 1. The quantitative estimate of drug-likeness (QED) is 0.779. The number of carbonyl (C=O) groups is 1. The third kappa shape index (κ3) is 2.54. The van der Waals surface area contributed by atoms with Crippen LogP contribution >= 0.6 is 0 Å². The predicted octanol–water partition coefficient (Wildman–Crippen LogP) is 4.38. The number of anilines is 2. The molecule has 4 rings (SSSR count). The summed E-state index contributed by atoms with van der Waals surface area (Å²) in [6, 6.07) is 13.8. The molecule has 1 aliphatic rings. The molecule has 3 aromatic rings. The average Bonchev–Trinajstić information content (AvgIpc) is 3.17. The van der Waals surface area contributed by atoms with Gasteiger partial charge < -0.3 is 14.6 Å². The van der Waals surface area contributed by atoms with Crippen LogP contribution in [0.15, 0.2) is 46.9 Å². The van der Waals surface area contributed by atoms with Gasteiger partial charge in [0, 0.05) is 29.9 Å². The third-order valence-electron chi connectivity index (χ3n) is 4.61. The number of aryl methyl sites for hydroxylation is 1. The lowest BCUT2D eigenvalue weighted by molar-refractivity contribution is 0.0998. The second-order valence-electron chi connectivity index (χ2n) is 6.28. The summed E-state index contributed by atoms with van der Waals surface area (Å²) in [4.78, 5) is 14.8. The van der Waals surface area contributed by atoms with Gasteiger partial charge in [0.2, 0.25) is 0 Å². The van der Waals surface area contributed by atoms with Crippen LogP contribution in [0.5, 0.6) is 0 Å². The maximum absolute atomic E-state index is 12.5. The minimum Gasteiger partial charge on any atom is -0.451 e. The smallest absolute Gasteiger partial charge is 0.291 e. The van der Waals surface area contributed by atoms with Gasteiger partial charge in [-0.1, -0.05) is 17.7 Å². The molecular formula is C20H20N2O2. The van der Waals surface area contributed by atoms with Crippen molar-refractivity contribution in [2.75, 3.05) is 23.3 Å². The average molecular weight is 320 g/mol. The van der Waals surface area contributed by atoms with Crippen LogP contribution in [-0.4, -0.2) is 19.0 Å². The monoisotopic (exact) mass is 320 g/mol. The molecule has 0 spiro atoms. The maximum atomic E-state index is 12.5. The Hall–Kier alpha value is -2.75. The molecular weight excluding hydrogens is 300 g/mol. The minimum atomic E-state index is -0.218. The first-order chi connectivity index (χ1) is 11.6. The van der Waals surface area contributed by atoms with Gasteiger partial charge in [0.05, 0.1) is 0 Å². The Morgan fingerprint density at radius 2 is 2.08 bits per heavy atom. The standard InChI is InChI=1S/C20H20N2O2/c1-3-22-9-8-14-5-6-16(12-17(14)22)21-20(23)19-11-15-10-13(2)4-7-18(15)24-19/h4-7,10-12H,3,8-9H2,1-2H3,(H,21,23). The number of hydrogen-bond donors (Lipinski definition) is 1. The van der Waals surface area contributed by atoms with Crippen LogP contribution in [0.1, 0.15) is 28.6 Å². The number of nitrogens with one attached hydrogen (secondary N) is 1. The van der Waals surface area contributed by atoms with E-state index < -0.39 is 0 Å². The van der Waals surface area contributed by atoms with Crippen molar-refractivity contribution in [3.8, 4) is 0 Å². The number of benzene rings is 2. The second kappa shape index (κ2) is 5.71. The van der Waals surface area contributed by atoms with Gasteiger partial charge in [-0.15, -0.1) is 0 Å². The largest absolute Gasteiger partial charge is 0.451 e. The molecule has 0 saturated carbocycles. The molecule has 4 heteroatoms. The van der Waals surface area contributed by atoms with Gasteiger partial charge in [0.25, 0.3) is 5.91 Å². The lowest BCUT2D eigenvalue weighted by atomic mass is 10.1. The number of rotatable bonds is 3. The van der Waals surface area contributed by atoms with E-state index in [4.69, 9.17) is 4.42 Å². The van der Waals surface area contributed by atoms with Crippen molar-refractivity contribution in [2.45, 2.75) is 20.3 Å². The summed E-state index contributed by atoms with van der Waals surface area (Å²) in [5, 5.41) is 3.90. The Bertz CT molecular complexity index is 927. The molecule has 0 aliphatic carbocycles. The maximum Gasteiger partial charge on any atom is 0.291 e. The predicted molar refractivity (Wildman–Crippen MR) is 96.9 cm³/mol. The second-order valence-corrected chi connectivity index (χ2v) is 6.28. The Morgan fingerprint density at radius 3 is 2.92 bits per heavy atom. The van der Waals surface area contributed by atoms with E-state index in [0.717, 1.165) is 41.7 Å². The zero-order valence-electron chi connectivity index (χ0n) is 13.9. The van der Waals surface area contributed by atoms with E-state index in [0.29, 0.717) is 5.76 Å². The third-order valence-corrected chi connectivity index (χ3v) is 4.61. The first-order valence-electron chi connectivity index (χ1n) is 8.33. The Labute approximate surface area is 141 Å². The van der Waals surface area contributed by atoms with Crippen LogP contribution in [0.4, 0.5) is 11.4 Å². The highest BCUT2D eigenvalue weighted by molar-refractivity contribution is 6.05. The number of furan rings is 1. The summed E-state index contributed by atoms with van der Waals surface area (Å²) in [5.74, 6) is 0.119. The van der Waals surface area contributed by atoms with Crippen LogP contribution in [-0.2, 0) is 6.42 Å². The fraction of sp³-hybridized carbons (Fsp3) is 0.250. The molecule has 4 nitrogen and oxygen atoms in total. The van der Waals surface area contributed by atoms with Crippen LogP contribution in [0, 0.1) is 6.92 Å². The molecule has 0 fully saturated rings. The van der Waals surface area contributed by atoms with Crippen molar-refractivity contribution in [1.82, 2.24) is 0 Å². The summed E-state index contributed by atoms with van der Waals surface area (Å²) in [6.07, 6.45) is 1.07. The van der Waals surface area contributed by atoms with Gasteiger partial charge in [0.1, 0.15) is 5.58 Å². The lowest BCUT2D eigenvalue weighted by Crippen LogP contribution is -2.19. The van der Waals surface area contributed by atoms with Crippen LogP contribution in [0.2, 0.25) is 0 Å². The number of fused-ring (bicyclic) bond motifs is 2. The Kier molecular flexibility index (Phi) is 3.53. The number of hydrogen-bond acceptors (Lipinski definition) is 3. The van der Waals surface area contributed by atoms with Crippen molar-refractivity contribution < 1.29 is 9.21 Å².